The maximum Gasteiger partial charge on any atom is 0.0374 e. The summed E-state index contributed by atoms with van der Waals surface area (Å²) >= 11 is 3.57. The maximum atomic E-state index is 5.70. The lowest BCUT2D eigenvalue weighted by Crippen LogP contribution is -2.38. The van der Waals surface area contributed by atoms with Crippen LogP contribution in [-0.2, 0) is 0 Å². The molecule has 0 radical (unpaired) electrons. The summed E-state index contributed by atoms with van der Waals surface area (Å²) in [4.78, 5) is 2.53. The number of anilines is 1. The Morgan fingerprint density at radius 1 is 1.44 bits per heavy atom. The second kappa shape index (κ2) is 5.22. The Kier molecular flexibility index (Phi) is 4.02. The van der Waals surface area contributed by atoms with E-state index in [1.54, 1.807) is 0 Å². The van der Waals surface area contributed by atoms with E-state index in [2.05, 4.69) is 59.8 Å². The average Bonchev–Trinajstić information content (AvgIpc) is 2.58. The topological polar surface area (TPSA) is 29.3 Å². The number of halogens is 1. The Balaban J connectivity index is 2.24. The Bertz CT molecular complexity index is 429. The summed E-state index contributed by atoms with van der Waals surface area (Å²) in [5.41, 5.74) is 8.57. The highest BCUT2D eigenvalue weighted by Crippen LogP contribution is 2.38. The first-order valence-corrected chi connectivity index (χ1v) is 7.47. The predicted octanol–water partition coefficient (Wildman–Crippen LogP) is 3.71. The molecule has 1 aliphatic rings. The first kappa shape index (κ1) is 13.9. The molecule has 1 aromatic rings. The Morgan fingerprint density at radius 3 is 2.78 bits per heavy atom. The fraction of sp³-hybridized carbons (Fsp3) is 0.600. The molecule has 2 N–H and O–H groups in total. The van der Waals surface area contributed by atoms with E-state index < -0.39 is 0 Å². The van der Waals surface area contributed by atoms with E-state index in [1.165, 1.54) is 22.1 Å². The van der Waals surface area contributed by atoms with Crippen LogP contribution in [0.5, 0.6) is 0 Å². The molecule has 18 heavy (non-hydrogen) atoms. The lowest BCUT2D eigenvalue weighted by Gasteiger charge is -2.34. The lowest BCUT2D eigenvalue weighted by molar-refractivity contribution is 0.458. The third kappa shape index (κ3) is 2.72. The molecule has 0 bridgehead atoms. The Labute approximate surface area is 119 Å². The molecule has 1 fully saturated rings. The normalized spacial score (nSPS) is 22.5. The third-order valence-corrected chi connectivity index (χ3v) is 4.88. The molecule has 1 unspecified atom stereocenters. The number of hydrogen-bond acceptors (Lipinski definition) is 2. The van der Waals surface area contributed by atoms with Crippen LogP contribution in [0.2, 0.25) is 0 Å². The van der Waals surface area contributed by atoms with E-state index in [0.29, 0.717) is 0 Å². The van der Waals surface area contributed by atoms with Crippen molar-refractivity contribution in [3.63, 3.8) is 0 Å². The van der Waals surface area contributed by atoms with Gasteiger partial charge in [-0.3, -0.25) is 0 Å². The average molecular weight is 311 g/mol. The fourth-order valence-corrected chi connectivity index (χ4v) is 3.31. The van der Waals surface area contributed by atoms with Crippen LogP contribution in [-0.4, -0.2) is 18.6 Å². The van der Waals surface area contributed by atoms with Crippen molar-refractivity contribution in [2.75, 3.05) is 18.0 Å². The molecule has 3 heteroatoms. The Hall–Kier alpha value is -0.540. The highest BCUT2D eigenvalue weighted by molar-refractivity contribution is 9.10. The van der Waals surface area contributed by atoms with Gasteiger partial charge in [-0.2, -0.15) is 0 Å². The van der Waals surface area contributed by atoms with Crippen molar-refractivity contribution in [3.8, 4) is 0 Å². The van der Waals surface area contributed by atoms with Gasteiger partial charge in [0.1, 0.15) is 0 Å². The van der Waals surface area contributed by atoms with Crippen LogP contribution in [0.25, 0.3) is 0 Å². The van der Waals surface area contributed by atoms with Crippen LogP contribution in [0.4, 0.5) is 5.69 Å². The summed E-state index contributed by atoms with van der Waals surface area (Å²) in [6.07, 6.45) is 2.37. The first-order valence-electron chi connectivity index (χ1n) is 6.68. The molecule has 2 nitrogen and oxygen atoms in total. The van der Waals surface area contributed by atoms with Crippen LogP contribution in [0.3, 0.4) is 0 Å². The van der Waals surface area contributed by atoms with E-state index in [4.69, 9.17) is 5.73 Å². The van der Waals surface area contributed by atoms with Crippen LogP contribution in [0.15, 0.2) is 22.7 Å². The van der Waals surface area contributed by atoms with Crippen molar-refractivity contribution >= 4 is 21.6 Å². The SMILES string of the molecule is Cc1cc(N2CC(CCN)CC2(C)C)ccc1Br. The summed E-state index contributed by atoms with van der Waals surface area (Å²) in [5.74, 6) is 0.731. The van der Waals surface area contributed by atoms with Gasteiger partial charge in [0.15, 0.2) is 0 Å². The van der Waals surface area contributed by atoms with Crippen molar-refractivity contribution in [1.82, 2.24) is 0 Å². The molecule has 1 atom stereocenters. The molecular formula is C15H23BrN2. The quantitative estimate of drug-likeness (QED) is 0.922. The second-order valence-electron chi connectivity index (χ2n) is 6.00. The highest BCUT2D eigenvalue weighted by Gasteiger charge is 2.37. The van der Waals surface area contributed by atoms with Crippen LogP contribution < -0.4 is 10.6 Å². The molecule has 1 aliphatic heterocycles. The zero-order chi connectivity index (χ0) is 13.3. The van der Waals surface area contributed by atoms with Gasteiger partial charge in [0.05, 0.1) is 0 Å². The second-order valence-corrected chi connectivity index (χ2v) is 6.86. The van der Waals surface area contributed by atoms with Crippen molar-refractivity contribution in [3.05, 3.63) is 28.2 Å². The van der Waals surface area contributed by atoms with E-state index >= 15 is 0 Å². The minimum atomic E-state index is 0.236. The van der Waals surface area contributed by atoms with Gasteiger partial charge in [-0.15, -0.1) is 0 Å². The maximum absolute atomic E-state index is 5.70. The fourth-order valence-electron chi connectivity index (χ4n) is 3.07. The van der Waals surface area contributed by atoms with Gasteiger partial charge in [-0.05, 0) is 69.8 Å². The molecule has 0 spiro atoms. The van der Waals surface area contributed by atoms with E-state index in [-0.39, 0.29) is 5.54 Å². The van der Waals surface area contributed by atoms with E-state index in [9.17, 15) is 0 Å². The molecule has 1 aromatic carbocycles. The molecule has 1 heterocycles. The molecule has 1 saturated heterocycles. The molecule has 2 rings (SSSR count). The van der Waals surface area contributed by atoms with Gasteiger partial charge in [0, 0.05) is 22.2 Å². The molecule has 0 saturated carbocycles. The van der Waals surface area contributed by atoms with Crippen molar-refractivity contribution in [2.24, 2.45) is 11.7 Å². The van der Waals surface area contributed by atoms with Crippen molar-refractivity contribution in [1.29, 1.82) is 0 Å². The highest BCUT2D eigenvalue weighted by atomic mass is 79.9. The van der Waals surface area contributed by atoms with Crippen LogP contribution in [0, 0.1) is 12.8 Å². The van der Waals surface area contributed by atoms with Gasteiger partial charge in [0.25, 0.3) is 0 Å². The first-order chi connectivity index (χ1) is 8.44. The monoisotopic (exact) mass is 310 g/mol. The number of aryl methyl sites for hydroxylation is 1. The zero-order valence-electron chi connectivity index (χ0n) is 11.5. The van der Waals surface area contributed by atoms with Gasteiger partial charge in [0.2, 0.25) is 0 Å². The minimum absolute atomic E-state index is 0.236. The van der Waals surface area contributed by atoms with Gasteiger partial charge >= 0.3 is 0 Å². The lowest BCUT2D eigenvalue weighted by atomic mass is 9.94. The smallest absolute Gasteiger partial charge is 0.0374 e. The summed E-state index contributed by atoms with van der Waals surface area (Å²) in [5, 5.41) is 0. The summed E-state index contributed by atoms with van der Waals surface area (Å²) in [6.45, 7) is 8.75. The van der Waals surface area contributed by atoms with Gasteiger partial charge in [-0.1, -0.05) is 15.9 Å². The molecule has 100 valence electrons. The predicted molar refractivity (Wildman–Crippen MR) is 82.1 cm³/mol. The third-order valence-electron chi connectivity index (χ3n) is 3.99. The number of benzene rings is 1. The summed E-state index contributed by atoms with van der Waals surface area (Å²) < 4.78 is 1.18. The molecule has 0 amide bonds. The largest absolute Gasteiger partial charge is 0.366 e. The number of nitrogens with zero attached hydrogens (tertiary/aromatic N) is 1. The van der Waals surface area contributed by atoms with Gasteiger partial charge in [-0.25, -0.2) is 0 Å². The van der Waals surface area contributed by atoms with Crippen LogP contribution >= 0.6 is 15.9 Å². The summed E-state index contributed by atoms with van der Waals surface area (Å²) in [6, 6.07) is 6.64. The van der Waals surface area contributed by atoms with Gasteiger partial charge < -0.3 is 10.6 Å². The standard InChI is InChI=1S/C15H23BrN2/c1-11-8-13(4-5-14(11)16)18-10-12(6-7-17)9-15(18,2)3/h4-5,8,12H,6-7,9-10,17H2,1-3H3. The summed E-state index contributed by atoms with van der Waals surface area (Å²) in [7, 11) is 0. The van der Waals surface area contributed by atoms with Crippen molar-refractivity contribution in [2.45, 2.75) is 39.2 Å². The van der Waals surface area contributed by atoms with Crippen LogP contribution in [0.1, 0.15) is 32.3 Å². The number of nitrogens with two attached hydrogens (primary N) is 1. The van der Waals surface area contributed by atoms with Crippen molar-refractivity contribution < 1.29 is 0 Å². The number of rotatable bonds is 3. The molecular weight excluding hydrogens is 288 g/mol. The van der Waals surface area contributed by atoms with E-state index in [1.807, 2.05) is 0 Å². The molecule has 0 aromatic heterocycles. The Morgan fingerprint density at radius 2 is 2.17 bits per heavy atom. The zero-order valence-corrected chi connectivity index (χ0v) is 13.1. The van der Waals surface area contributed by atoms with E-state index in [0.717, 1.165) is 25.4 Å². The molecule has 0 aliphatic carbocycles. The number of hydrogen-bond donors (Lipinski definition) is 1. The minimum Gasteiger partial charge on any atom is -0.366 e.